The molecule has 3 heteroatoms. The molecule has 1 unspecified atom stereocenters. The molecule has 3 nitrogen and oxygen atoms in total. The molecule has 1 atom stereocenters. The van der Waals surface area contributed by atoms with Crippen LogP contribution in [0.4, 0.5) is 11.4 Å². The molecule has 2 aromatic rings. The maximum atomic E-state index is 5.31. The lowest BCUT2D eigenvalue weighted by atomic mass is 9.98. The number of hydrogen-bond donors (Lipinski definition) is 0. The van der Waals surface area contributed by atoms with Gasteiger partial charge in [0.25, 0.3) is 0 Å². The van der Waals surface area contributed by atoms with Crippen LogP contribution in [0.2, 0.25) is 0 Å². The number of benzene rings is 2. The first kappa shape index (κ1) is 19.2. The molecule has 0 spiro atoms. The fourth-order valence-electron chi connectivity index (χ4n) is 3.06. The number of nitrogens with zero attached hydrogens (tertiary/aromatic N) is 1. The van der Waals surface area contributed by atoms with Crippen LogP contribution in [0, 0.1) is 5.92 Å². The molecule has 0 fully saturated rings. The summed E-state index contributed by atoms with van der Waals surface area (Å²) in [6.07, 6.45) is 5.01. The minimum absolute atomic E-state index is 0.684. The monoisotopic (exact) mass is 341 g/mol. The van der Waals surface area contributed by atoms with Gasteiger partial charge in [-0.25, -0.2) is 0 Å². The Hall–Kier alpha value is -2.16. The van der Waals surface area contributed by atoms with E-state index in [2.05, 4.69) is 43.0 Å². The third-order valence-electron chi connectivity index (χ3n) is 4.75. The SMILES string of the molecule is CCCCC(CC)CN(c1ccc(OC)cc1)c1ccc(OC)cc1. The zero-order valence-electron chi connectivity index (χ0n) is 16.0. The van der Waals surface area contributed by atoms with Gasteiger partial charge in [0.15, 0.2) is 0 Å². The quantitative estimate of drug-likeness (QED) is 0.524. The van der Waals surface area contributed by atoms with Crippen molar-refractivity contribution >= 4 is 11.4 Å². The summed E-state index contributed by atoms with van der Waals surface area (Å²) in [6, 6.07) is 16.6. The molecule has 2 aromatic carbocycles. The molecule has 0 bridgehead atoms. The predicted molar refractivity (Wildman–Crippen MR) is 106 cm³/mol. The van der Waals surface area contributed by atoms with Crippen molar-refractivity contribution in [3.05, 3.63) is 48.5 Å². The van der Waals surface area contributed by atoms with Crippen molar-refractivity contribution in [1.82, 2.24) is 0 Å². The van der Waals surface area contributed by atoms with Crippen molar-refractivity contribution in [2.24, 2.45) is 5.92 Å². The van der Waals surface area contributed by atoms with Crippen LogP contribution < -0.4 is 14.4 Å². The Labute approximate surface area is 152 Å². The van der Waals surface area contributed by atoms with Gasteiger partial charge in [-0.1, -0.05) is 33.1 Å². The van der Waals surface area contributed by atoms with E-state index in [9.17, 15) is 0 Å². The molecule has 0 saturated carbocycles. The normalized spacial score (nSPS) is 11.8. The minimum atomic E-state index is 0.684. The molecule has 0 radical (unpaired) electrons. The van der Waals surface area contributed by atoms with E-state index in [0.717, 1.165) is 18.0 Å². The summed E-state index contributed by atoms with van der Waals surface area (Å²) in [6.45, 7) is 5.58. The number of rotatable bonds is 10. The predicted octanol–water partition coefficient (Wildman–Crippen LogP) is 6.06. The molecule has 136 valence electrons. The highest BCUT2D eigenvalue weighted by Crippen LogP contribution is 2.31. The first-order chi connectivity index (χ1) is 12.2. The van der Waals surface area contributed by atoms with Gasteiger partial charge in [0.2, 0.25) is 0 Å². The average molecular weight is 341 g/mol. The van der Waals surface area contributed by atoms with Crippen LogP contribution >= 0.6 is 0 Å². The van der Waals surface area contributed by atoms with Crippen LogP contribution in [0.5, 0.6) is 11.5 Å². The van der Waals surface area contributed by atoms with Crippen LogP contribution in [0.1, 0.15) is 39.5 Å². The Morgan fingerprint density at radius 1 is 0.800 bits per heavy atom. The smallest absolute Gasteiger partial charge is 0.119 e. The molecule has 0 aliphatic heterocycles. The van der Waals surface area contributed by atoms with Crippen LogP contribution in [-0.2, 0) is 0 Å². The first-order valence-corrected chi connectivity index (χ1v) is 9.27. The fourth-order valence-corrected chi connectivity index (χ4v) is 3.06. The molecular weight excluding hydrogens is 310 g/mol. The van der Waals surface area contributed by atoms with Crippen molar-refractivity contribution in [3.63, 3.8) is 0 Å². The zero-order valence-corrected chi connectivity index (χ0v) is 16.0. The number of unbranched alkanes of at least 4 members (excludes halogenated alkanes) is 1. The van der Waals surface area contributed by atoms with E-state index >= 15 is 0 Å². The highest BCUT2D eigenvalue weighted by atomic mass is 16.5. The van der Waals surface area contributed by atoms with Crippen LogP contribution in [0.3, 0.4) is 0 Å². The minimum Gasteiger partial charge on any atom is -0.497 e. The molecule has 0 N–H and O–H groups in total. The van der Waals surface area contributed by atoms with Gasteiger partial charge in [0.05, 0.1) is 14.2 Å². The van der Waals surface area contributed by atoms with Gasteiger partial charge in [-0.3, -0.25) is 0 Å². The van der Waals surface area contributed by atoms with Gasteiger partial charge in [-0.05, 0) is 60.9 Å². The Bertz CT molecular complexity index is 559. The second kappa shape index (κ2) is 9.97. The molecule has 0 saturated heterocycles. The fraction of sp³-hybridized carbons (Fsp3) is 0.455. The van der Waals surface area contributed by atoms with Gasteiger partial charge >= 0.3 is 0 Å². The molecular formula is C22H31NO2. The first-order valence-electron chi connectivity index (χ1n) is 9.27. The van der Waals surface area contributed by atoms with E-state index in [1.54, 1.807) is 14.2 Å². The van der Waals surface area contributed by atoms with E-state index in [0.29, 0.717) is 5.92 Å². The molecule has 25 heavy (non-hydrogen) atoms. The van der Waals surface area contributed by atoms with Crippen LogP contribution in [0.15, 0.2) is 48.5 Å². The molecule has 0 aromatic heterocycles. The topological polar surface area (TPSA) is 21.7 Å². The standard InChI is InChI=1S/C22H31NO2/c1-5-7-8-18(6-2)17-23(19-9-13-21(24-3)14-10-19)20-11-15-22(25-4)16-12-20/h9-16,18H,5-8,17H2,1-4H3. The summed E-state index contributed by atoms with van der Waals surface area (Å²) >= 11 is 0. The summed E-state index contributed by atoms with van der Waals surface area (Å²) in [5.74, 6) is 2.46. The Balaban J connectivity index is 2.28. The third kappa shape index (κ3) is 5.42. The molecule has 0 aliphatic rings. The Morgan fingerprint density at radius 3 is 1.64 bits per heavy atom. The van der Waals surface area contributed by atoms with Crippen molar-refractivity contribution in [3.8, 4) is 11.5 Å². The maximum absolute atomic E-state index is 5.31. The highest BCUT2D eigenvalue weighted by molar-refractivity contribution is 5.64. The summed E-state index contributed by atoms with van der Waals surface area (Å²) in [5, 5.41) is 0. The lowest BCUT2D eigenvalue weighted by Gasteiger charge is -2.29. The van der Waals surface area contributed by atoms with Crippen molar-refractivity contribution in [2.75, 3.05) is 25.7 Å². The highest BCUT2D eigenvalue weighted by Gasteiger charge is 2.15. The van der Waals surface area contributed by atoms with E-state index in [1.807, 2.05) is 24.3 Å². The van der Waals surface area contributed by atoms with Gasteiger partial charge in [-0.15, -0.1) is 0 Å². The lowest BCUT2D eigenvalue weighted by Crippen LogP contribution is -2.25. The lowest BCUT2D eigenvalue weighted by molar-refractivity contribution is 0.414. The van der Waals surface area contributed by atoms with Gasteiger partial charge in [-0.2, -0.15) is 0 Å². The summed E-state index contributed by atoms with van der Waals surface area (Å²) in [7, 11) is 3.40. The van der Waals surface area contributed by atoms with E-state index in [1.165, 1.54) is 37.1 Å². The van der Waals surface area contributed by atoms with Crippen molar-refractivity contribution in [2.45, 2.75) is 39.5 Å². The van der Waals surface area contributed by atoms with Gasteiger partial charge < -0.3 is 14.4 Å². The zero-order chi connectivity index (χ0) is 18.1. The van der Waals surface area contributed by atoms with Crippen LogP contribution in [-0.4, -0.2) is 20.8 Å². The maximum Gasteiger partial charge on any atom is 0.119 e. The van der Waals surface area contributed by atoms with Crippen molar-refractivity contribution in [1.29, 1.82) is 0 Å². The summed E-state index contributed by atoms with van der Waals surface area (Å²) < 4.78 is 10.6. The largest absolute Gasteiger partial charge is 0.497 e. The average Bonchev–Trinajstić information content (AvgIpc) is 2.68. The van der Waals surface area contributed by atoms with Gasteiger partial charge in [0.1, 0.15) is 11.5 Å². The van der Waals surface area contributed by atoms with E-state index in [-0.39, 0.29) is 0 Å². The molecule has 2 rings (SSSR count). The van der Waals surface area contributed by atoms with E-state index < -0.39 is 0 Å². The van der Waals surface area contributed by atoms with Crippen molar-refractivity contribution < 1.29 is 9.47 Å². The molecule has 0 heterocycles. The Morgan fingerprint density at radius 2 is 1.28 bits per heavy atom. The second-order valence-electron chi connectivity index (χ2n) is 6.42. The number of anilines is 2. The number of ether oxygens (including phenoxy) is 2. The summed E-state index contributed by atoms with van der Waals surface area (Å²) in [4.78, 5) is 2.41. The Kier molecular flexibility index (Phi) is 7.65. The molecule has 0 aliphatic carbocycles. The second-order valence-corrected chi connectivity index (χ2v) is 6.42. The third-order valence-corrected chi connectivity index (χ3v) is 4.75. The van der Waals surface area contributed by atoms with Crippen LogP contribution in [0.25, 0.3) is 0 Å². The van der Waals surface area contributed by atoms with E-state index in [4.69, 9.17) is 9.47 Å². The number of methoxy groups -OCH3 is 2. The molecule has 0 amide bonds. The number of hydrogen-bond acceptors (Lipinski definition) is 3. The van der Waals surface area contributed by atoms with Gasteiger partial charge in [0, 0.05) is 17.9 Å². The summed E-state index contributed by atoms with van der Waals surface area (Å²) in [5.41, 5.74) is 2.39.